The normalized spacial score (nSPS) is 17.3. The summed E-state index contributed by atoms with van der Waals surface area (Å²) in [6.07, 6.45) is 11.3. The van der Waals surface area contributed by atoms with Crippen LogP contribution in [-0.4, -0.2) is 5.11 Å². The molecule has 0 saturated heterocycles. The van der Waals surface area contributed by atoms with E-state index in [4.69, 9.17) is 4.74 Å². The molecule has 0 atom stereocenters. The molecular weight excluding hydrogens is 260 g/mol. The lowest BCUT2D eigenvalue weighted by Gasteiger charge is -2.09. The summed E-state index contributed by atoms with van der Waals surface area (Å²) in [6, 6.07) is 13.5. The highest BCUT2D eigenvalue weighted by Crippen LogP contribution is 2.32. The molecule has 4 rings (SSSR count). The minimum Gasteiger partial charge on any atom is -0.504 e. The Morgan fingerprint density at radius 1 is 0.857 bits per heavy atom. The van der Waals surface area contributed by atoms with Crippen LogP contribution in [0, 0.1) is 0 Å². The van der Waals surface area contributed by atoms with Gasteiger partial charge in [0.15, 0.2) is 11.5 Å². The van der Waals surface area contributed by atoms with Gasteiger partial charge in [0.05, 0.1) is 0 Å². The molecule has 0 fully saturated rings. The van der Waals surface area contributed by atoms with Gasteiger partial charge in [-0.3, -0.25) is 0 Å². The molecule has 2 nitrogen and oxygen atoms in total. The maximum absolute atomic E-state index is 9.92. The van der Waals surface area contributed by atoms with E-state index in [9.17, 15) is 5.11 Å². The number of phenols is 1. The molecule has 0 radical (unpaired) electrons. The molecule has 0 aromatic heterocycles. The second kappa shape index (κ2) is 6.31. The van der Waals surface area contributed by atoms with Crippen LogP contribution in [0.15, 0.2) is 66.8 Å². The van der Waals surface area contributed by atoms with Crippen LogP contribution in [0.2, 0.25) is 0 Å². The first-order valence-corrected chi connectivity index (χ1v) is 7.21. The molecule has 2 heteroatoms. The van der Waals surface area contributed by atoms with Crippen molar-refractivity contribution in [2.24, 2.45) is 0 Å². The number of aromatic hydroxyl groups is 1. The van der Waals surface area contributed by atoms with Gasteiger partial charge in [-0.25, -0.2) is 0 Å². The lowest BCUT2D eigenvalue weighted by Crippen LogP contribution is -1.89. The number of aryl methyl sites for hydroxylation is 1. The van der Waals surface area contributed by atoms with Crippen molar-refractivity contribution in [3.05, 3.63) is 77.9 Å². The summed E-state index contributed by atoms with van der Waals surface area (Å²) in [7, 11) is 0. The summed E-state index contributed by atoms with van der Waals surface area (Å²) in [5.74, 6) is 1.40. The monoisotopic (exact) mass is 278 g/mol. The van der Waals surface area contributed by atoms with Crippen molar-refractivity contribution in [3.63, 3.8) is 0 Å². The summed E-state index contributed by atoms with van der Waals surface area (Å²) in [4.78, 5) is 0. The predicted octanol–water partition coefficient (Wildman–Crippen LogP) is 4.79. The molecule has 0 spiro atoms. The number of phenolic OH excluding ortho intramolecular Hbond substituents is 1. The highest BCUT2D eigenvalue weighted by Gasteiger charge is 2.05. The van der Waals surface area contributed by atoms with Crippen molar-refractivity contribution >= 4 is 0 Å². The Morgan fingerprint density at radius 2 is 1.62 bits per heavy atom. The second-order valence-corrected chi connectivity index (χ2v) is 5.15. The van der Waals surface area contributed by atoms with Gasteiger partial charge in [-0.1, -0.05) is 42.5 Å². The predicted molar refractivity (Wildman–Crippen MR) is 84.9 cm³/mol. The first-order valence-electron chi connectivity index (χ1n) is 7.21. The summed E-state index contributed by atoms with van der Waals surface area (Å²) in [6.45, 7) is 0. The van der Waals surface area contributed by atoms with Crippen LogP contribution in [0.25, 0.3) is 0 Å². The zero-order chi connectivity index (χ0) is 14.5. The molecule has 106 valence electrons. The van der Waals surface area contributed by atoms with Gasteiger partial charge in [-0.2, -0.15) is 0 Å². The Hall–Kier alpha value is -2.48. The summed E-state index contributed by atoms with van der Waals surface area (Å²) in [5, 5.41) is 9.92. The summed E-state index contributed by atoms with van der Waals surface area (Å²) >= 11 is 0. The van der Waals surface area contributed by atoms with Crippen LogP contribution < -0.4 is 4.74 Å². The SMILES string of the molecule is Oc1ccc2cc1Oc1ccc(cc1)CC/C=C\C=C\C2. The lowest BCUT2D eigenvalue weighted by atomic mass is 10.1. The van der Waals surface area contributed by atoms with E-state index in [0.717, 1.165) is 30.6 Å². The van der Waals surface area contributed by atoms with Crippen LogP contribution in [-0.2, 0) is 12.8 Å². The molecule has 0 amide bonds. The van der Waals surface area contributed by atoms with E-state index in [1.54, 1.807) is 6.07 Å². The molecule has 0 saturated carbocycles. The average molecular weight is 278 g/mol. The smallest absolute Gasteiger partial charge is 0.169 e. The molecule has 21 heavy (non-hydrogen) atoms. The zero-order valence-electron chi connectivity index (χ0n) is 11.8. The van der Waals surface area contributed by atoms with Crippen LogP contribution in [0.5, 0.6) is 17.2 Å². The molecule has 2 heterocycles. The third-order valence-electron chi connectivity index (χ3n) is 3.51. The van der Waals surface area contributed by atoms with Crippen molar-refractivity contribution < 1.29 is 9.84 Å². The van der Waals surface area contributed by atoms with E-state index in [0.29, 0.717) is 5.75 Å². The molecule has 1 N–H and O–H groups in total. The fourth-order valence-electron chi connectivity index (χ4n) is 2.33. The Balaban J connectivity index is 1.96. The number of allylic oxidation sites excluding steroid dienone is 4. The van der Waals surface area contributed by atoms with Gasteiger partial charge in [-0.05, 0) is 54.7 Å². The maximum Gasteiger partial charge on any atom is 0.169 e. The molecule has 0 unspecified atom stereocenters. The minimum absolute atomic E-state index is 0.163. The van der Waals surface area contributed by atoms with Crippen molar-refractivity contribution in [3.8, 4) is 17.2 Å². The quantitative estimate of drug-likeness (QED) is 0.751. The maximum atomic E-state index is 9.92. The van der Waals surface area contributed by atoms with Gasteiger partial charge in [0.2, 0.25) is 0 Å². The van der Waals surface area contributed by atoms with Gasteiger partial charge in [-0.15, -0.1) is 0 Å². The van der Waals surface area contributed by atoms with Crippen molar-refractivity contribution in [1.29, 1.82) is 0 Å². The number of hydrogen-bond donors (Lipinski definition) is 1. The van der Waals surface area contributed by atoms with Gasteiger partial charge in [0.25, 0.3) is 0 Å². The Labute approximate surface area is 125 Å². The second-order valence-electron chi connectivity index (χ2n) is 5.15. The largest absolute Gasteiger partial charge is 0.504 e. The molecule has 2 aromatic carbocycles. The summed E-state index contributed by atoms with van der Waals surface area (Å²) in [5.41, 5.74) is 2.39. The van der Waals surface area contributed by atoms with Crippen LogP contribution in [0.1, 0.15) is 17.5 Å². The number of fused-ring (bicyclic) bond motifs is 6. The fraction of sp³-hybridized carbons (Fsp3) is 0.158. The third-order valence-corrected chi connectivity index (χ3v) is 3.51. The topological polar surface area (TPSA) is 29.5 Å². The van der Waals surface area contributed by atoms with Gasteiger partial charge in [0, 0.05) is 0 Å². The lowest BCUT2D eigenvalue weighted by molar-refractivity contribution is 0.411. The van der Waals surface area contributed by atoms with Crippen molar-refractivity contribution in [1.82, 2.24) is 0 Å². The van der Waals surface area contributed by atoms with Crippen LogP contribution in [0.3, 0.4) is 0 Å². The van der Waals surface area contributed by atoms with Gasteiger partial charge in [0.1, 0.15) is 5.75 Å². The fourth-order valence-corrected chi connectivity index (χ4v) is 2.33. The number of benzene rings is 2. The first-order chi connectivity index (χ1) is 10.3. The van der Waals surface area contributed by atoms with E-state index >= 15 is 0 Å². The van der Waals surface area contributed by atoms with E-state index in [-0.39, 0.29) is 5.75 Å². The average Bonchev–Trinajstić information content (AvgIpc) is 2.51. The summed E-state index contributed by atoms with van der Waals surface area (Å²) < 4.78 is 5.79. The molecular formula is C19H18O2. The number of ether oxygens (including phenoxy) is 1. The van der Waals surface area contributed by atoms with Crippen molar-refractivity contribution in [2.45, 2.75) is 19.3 Å². The van der Waals surface area contributed by atoms with E-state index in [1.165, 1.54) is 5.56 Å². The molecule has 2 aliphatic heterocycles. The highest BCUT2D eigenvalue weighted by atomic mass is 16.5. The molecule has 4 bridgehead atoms. The minimum atomic E-state index is 0.163. The molecule has 2 aliphatic rings. The molecule has 0 aliphatic carbocycles. The number of rotatable bonds is 0. The molecule has 2 aromatic rings. The number of hydrogen-bond acceptors (Lipinski definition) is 2. The highest BCUT2D eigenvalue weighted by molar-refractivity contribution is 5.45. The van der Waals surface area contributed by atoms with E-state index < -0.39 is 0 Å². The van der Waals surface area contributed by atoms with E-state index in [2.05, 4.69) is 36.4 Å². The standard InChI is InChI=1S/C19H18O2/c20-18-13-10-16-7-5-3-1-2-4-6-15-8-11-17(12-9-15)21-19(18)14-16/h1-3,5,8-14,20H,4,6-7H2/b2-1-,5-3+. The van der Waals surface area contributed by atoms with Crippen LogP contribution >= 0.6 is 0 Å². The van der Waals surface area contributed by atoms with Gasteiger partial charge >= 0.3 is 0 Å². The zero-order valence-corrected chi connectivity index (χ0v) is 11.8. The van der Waals surface area contributed by atoms with Crippen molar-refractivity contribution in [2.75, 3.05) is 0 Å². The Morgan fingerprint density at radius 3 is 2.48 bits per heavy atom. The van der Waals surface area contributed by atoms with E-state index in [1.807, 2.05) is 24.3 Å². The van der Waals surface area contributed by atoms with Gasteiger partial charge < -0.3 is 9.84 Å². The Kier molecular flexibility index (Phi) is 4.06. The van der Waals surface area contributed by atoms with Crippen LogP contribution in [0.4, 0.5) is 0 Å². The first kappa shape index (κ1) is 13.5. The Bertz CT molecular complexity index is 666. The third kappa shape index (κ3) is 3.54.